The van der Waals surface area contributed by atoms with Crippen molar-refractivity contribution < 1.29 is 4.39 Å². The van der Waals surface area contributed by atoms with Gasteiger partial charge in [-0.3, -0.25) is 14.6 Å². The lowest BCUT2D eigenvalue weighted by atomic mass is 10.2. The van der Waals surface area contributed by atoms with Crippen LogP contribution in [0.1, 0.15) is 5.56 Å². The molecule has 0 bridgehead atoms. The summed E-state index contributed by atoms with van der Waals surface area (Å²) in [7, 11) is 0. The third kappa shape index (κ3) is 2.32. The molecule has 0 aliphatic carbocycles. The van der Waals surface area contributed by atoms with Crippen molar-refractivity contribution in [2.75, 3.05) is 0 Å². The number of nitrogens with one attached hydrogen (secondary N) is 1. The zero-order valence-electron chi connectivity index (χ0n) is 10.6. The molecule has 0 unspecified atom stereocenters. The standard InChI is InChI=1S/C14H8FN5S/c15-11-6-9(7-16)3-4-12(11)20-13(18-19-14(20)21)10-2-1-5-17-8-10/h1-6,8H,(H,19,21). The third-order valence-electron chi connectivity index (χ3n) is 2.91. The van der Waals surface area contributed by atoms with Crippen molar-refractivity contribution in [2.45, 2.75) is 0 Å². The number of aromatic amines is 1. The molecule has 21 heavy (non-hydrogen) atoms. The van der Waals surface area contributed by atoms with Crippen LogP contribution in [0.5, 0.6) is 0 Å². The molecule has 7 heteroatoms. The summed E-state index contributed by atoms with van der Waals surface area (Å²) in [5.74, 6) is -0.0894. The SMILES string of the molecule is N#Cc1ccc(-n2c(-c3cccnc3)n[nH]c2=S)c(F)c1. The van der Waals surface area contributed by atoms with Crippen LogP contribution in [0.2, 0.25) is 0 Å². The van der Waals surface area contributed by atoms with Crippen LogP contribution in [0, 0.1) is 21.9 Å². The molecular weight excluding hydrogens is 289 g/mol. The fraction of sp³-hybridized carbons (Fsp3) is 0. The van der Waals surface area contributed by atoms with E-state index in [1.807, 2.05) is 6.07 Å². The Labute approximate surface area is 124 Å². The monoisotopic (exact) mass is 297 g/mol. The first-order valence-electron chi connectivity index (χ1n) is 5.98. The van der Waals surface area contributed by atoms with E-state index in [-0.39, 0.29) is 16.0 Å². The number of hydrogen-bond donors (Lipinski definition) is 1. The molecule has 2 aromatic heterocycles. The van der Waals surface area contributed by atoms with Gasteiger partial charge in [0.1, 0.15) is 5.82 Å². The maximum Gasteiger partial charge on any atom is 0.200 e. The lowest BCUT2D eigenvalue weighted by Crippen LogP contribution is -2.01. The van der Waals surface area contributed by atoms with Gasteiger partial charge >= 0.3 is 0 Å². The summed E-state index contributed by atoms with van der Waals surface area (Å²) < 4.78 is 15.9. The predicted molar refractivity (Wildman–Crippen MR) is 76.7 cm³/mol. The minimum Gasteiger partial charge on any atom is -0.265 e. The molecule has 3 aromatic rings. The number of nitriles is 1. The maximum atomic E-state index is 14.2. The molecule has 0 saturated carbocycles. The normalized spacial score (nSPS) is 10.3. The van der Waals surface area contributed by atoms with E-state index in [2.05, 4.69) is 15.2 Å². The number of pyridine rings is 1. The van der Waals surface area contributed by atoms with Crippen molar-refractivity contribution in [1.82, 2.24) is 19.7 Å². The number of aromatic nitrogens is 4. The lowest BCUT2D eigenvalue weighted by Gasteiger charge is -2.08. The summed E-state index contributed by atoms with van der Waals surface area (Å²) >= 11 is 5.17. The van der Waals surface area contributed by atoms with Crippen molar-refractivity contribution in [3.05, 3.63) is 58.9 Å². The van der Waals surface area contributed by atoms with Gasteiger partial charge < -0.3 is 0 Å². The summed E-state index contributed by atoms with van der Waals surface area (Å²) in [6, 6.07) is 9.64. The molecule has 102 valence electrons. The highest BCUT2D eigenvalue weighted by molar-refractivity contribution is 7.71. The predicted octanol–water partition coefficient (Wildman–Crippen LogP) is 3.00. The molecule has 0 amide bonds. The molecule has 0 atom stereocenters. The fourth-order valence-electron chi connectivity index (χ4n) is 1.97. The molecule has 0 fully saturated rings. The average Bonchev–Trinajstić information content (AvgIpc) is 2.89. The topological polar surface area (TPSA) is 70.3 Å². The van der Waals surface area contributed by atoms with Crippen LogP contribution in [0.15, 0.2) is 42.7 Å². The van der Waals surface area contributed by atoms with Crippen molar-refractivity contribution in [2.24, 2.45) is 0 Å². The molecule has 2 heterocycles. The largest absolute Gasteiger partial charge is 0.265 e. The zero-order valence-corrected chi connectivity index (χ0v) is 11.4. The van der Waals surface area contributed by atoms with Gasteiger partial charge in [0.05, 0.1) is 17.3 Å². The summed E-state index contributed by atoms with van der Waals surface area (Å²) in [5.41, 5.74) is 1.18. The molecule has 5 nitrogen and oxygen atoms in total. The van der Waals surface area contributed by atoms with E-state index in [1.54, 1.807) is 24.5 Å². The molecular formula is C14H8FN5S. The lowest BCUT2D eigenvalue weighted by molar-refractivity contribution is 0.617. The smallest absolute Gasteiger partial charge is 0.200 e. The highest BCUT2D eigenvalue weighted by Crippen LogP contribution is 2.23. The van der Waals surface area contributed by atoms with E-state index < -0.39 is 5.82 Å². The molecule has 1 aromatic carbocycles. The number of hydrogen-bond acceptors (Lipinski definition) is 4. The molecule has 0 spiro atoms. The van der Waals surface area contributed by atoms with Gasteiger partial charge in [-0.15, -0.1) is 0 Å². The summed E-state index contributed by atoms with van der Waals surface area (Å²) in [6.45, 7) is 0. The summed E-state index contributed by atoms with van der Waals surface area (Å²) in [6.07, 6.45) is 3.25. The van der Waals surface area contributed by atoms with Crippen LogP contribution >= 0.6 is 12.2 Å². The van der Waals surface area contributed by atoms with Crippen molar-refractivity contribution >= 4 is 12.2 Å². The Morgan fingerprint density at radius 2 is 2.19 bits per heavy atom. The Bertz CT molecular complexity index is 892. The molecule has 0 radical (unpaired) electrons. The second kappa shape index (κ2) is 5.26. The summed E-state index contributed by atoms with van der Waals surface area (Å²) in [5, 5.41) is 15.6. The van der Waals surface area contributed by atoms with E-state index >= 15 is 0 Å². The number of benzene rings is 1. The second-order valence-electron chi connectivity index (χ2n) is 4.21. The van der Waals surface area contributed by atoms with Gasteiger partial charge in [-0.25, -0.2) is 4.39 Å². The Morgan fingerprint density at radius 1 is 1.33 bits per heavy atom. The number of H-pyrrole nitrogens is 1. The van der Waals surface area contributed by atoms with E-state index in [1.165, 1.54) is 16.7 Å². The first-order chi connectivity index (χ1) is 10.2. The maximum absolute atomic E-state index is 14.2. The first-order valence-corrected chi connectivity index (χ1v) is 6.39. The highest BCUT2D eigenvalue weighted by atomic mass is 32.1. The minimum atomic E-state index is -0.545. The molecule has 0 saturated heterocycles. The molecule has 0 aliphatic heterocycles. The summed E-state index contributed by atoms with van der Waals surface area (Å²) in [4.78, 5) is 4.02. The Morgan fingerprint density at radius 3 is 2.86 bits per heavy atom. The van der Waals surface area contributed by atoms with E-state index in [0.29, 0.717) is 11.4 Å². The molecule has 0 aliphatic rings. The van der Waals surface area contributed by atoms with Gasteiger partial charge in [0.15, 0.2) is 10.6 Å². The zero-order chi connectivity index (χ0) is 14.8. The quantitative estimate of drug-likeness (QED) is 0.738. The van der Waals surface area contributed by atoms with Gasteiger partial charge in [0.2, 0.25) is 0 Å². The number of halogens is 1. The number of rotatable bonds is 2. The Kier molecular flexibility index (Phi) is 3.30. The first kappa shape index (κ1) is 13.1. The van der Waals surface area contributed by atoms with Gasteiger partial charge in [-0.2, -0.15) is 10.4 Å². The highest BCUT2D eigenvalue weighted by Gasteiger charge is 2.14. The average molecular weight is 297 g/mol. The fourth-order valence-corrected chi connectivity index (χ4v) is 2.20. The molecule has 1 N–H and O–H groups in total. The number of nitrogens with zero attached hydrogens (tertiary/aromatic N) is 4. The van der Waals surface area contributed by atoms with E-state index in [9.17, 15) is 4.39 Å². The van der Waals surface area contributed by atoms with Gasteiger partial charge in [0.25, 0.3) is 0 Å². The van der Waals surface area contributed by atoms with Crippen molar-refractivity contribution in [3.8, 4) is 23.1 Å². The third-order valence-corrected chi connectivity index (χ3v) is 3.18. The van der Waals surface area contributed by atoms with Crippen LogP contribution in [0.25, 0.3) is 17.1 Å². The Hall–Kier alpha value is -2.85. The second-order valence-corrected chi connectivity index (χ2v) is 4.59. The van der Waals surface area contributed by atoms with Crippen LogP contribution in [0.3, 0.4) is 0 Å². The van der Waals surface area contributed by atoms with Crippen LogP contribution in [-0.2, 0) is 0 Å². The molecule has 3 rings (SSSR count). The van der Waals surface area contributed by atoms with Gasteiger partial charge in [-0.05, 0) is 42.5 Å². The van der Waals surface area contributed by atoms with Crippen molar-refractivity contribution in [3.63, 3.8) is 0 Å². The van der Waals surface area contributed by atoms with Crippen LogP contribution in [-0.4, -0.2) is 19.7 Å². The van der Waals surface area contributed by atoms with Gasteiger partial charge in [0, 0.05) is 18.0 Å². The van der Waals surface area contributed by atoms with Crippen molar-refractivity contribution in [1.29, 1.82) is 5.26 Å². The van der Waals surface area contributed by atoms with E-state index in [4.69, 9.17) is 17.5 Å². The van der Waals surface area contributed by atoms with Crippen LogP contribution in [0.4, 0.5) is 4.39 Å². The van der Waals surface area contributed by atoms with Gasteiger partial charge in [-0.1, -0.05) is 0 Å². The Balaban J connectivity index is 2.23. The minimum absolute atomic E-state index is 0.228. The van der Waals surface area contributed by atoms with E-state index in [0.717, 1.165) is 6.07 Å². The van der Waals surface area contributed by atoms with Crippen LogP contribution < -0.4 is 0 Å².